The van der Waals surface area contributed by atoms with Gasteiger partial charge in [0.25, 0.3) is 18.4 Å². The highest BCUT2D eigenvalue weighted by molar-refractivity contribution is 6.04. The average molecular weight is 357 g/mol. The van der Waals surface area contributed by atoms with Crippen LogP contribution in [0.25, 0.3) is 0 Å². The van der Waals surface area contributed by atoms with Crippen LogP contribution < -0.4 is 11.1 Å². The van der Waals surface area contributed by atoms with Gasteiger partial charge in [-0.05, 0) is 36.2 Å². The Morgan fingerprint density at radius 1 is 1.23 bits per heavy atom. The highest BCUT2D eigenvalue weighted by atomic mass is 19.3. The first-order valence-corrected chi connectivity index (χ1v) is 8.28. The predicted molar refractivity (Wildman–Crippen MR) is 92.9 cm³/mol. The molecule has 5 nitrogen and oxygen atoms in total. The van der Waals surface area contributed by atoms with E-state index in [4.69, 9.17) is 10.5 Å². The second-order valence-corrected chi connectivity index (χ2v) is 6.49. The molecular formula is C19H17F2N3O2. The molecule has 1 aliphatic carbocycles. The number of hydrogen-bond donors (Lipinski definition) is 2. The van der Waals surface area contributed by atoms with Crippen LogP contribution in [0.4, 0.5) is 14.5 Å². The minimum atomic E-state index is -2.76. The van der Waals surface area contributed by atoms with E-state index in [1.54, 1.807) is 48.5 Å². The maximum absolute atomic E-state index is 14.2. The number of amides is 1. The molecule has 0 bridgehead atoms. The van der Waals surface area contributed by atoms with Crippen LogP contribution in [0.15, 0.2) is 59.6 Å². The van der Waals surface area contributed by atoms with E-state index < -0.39 is 29.9 Å². The van der Waals surface area contributed by atoms with Crippen molar-refractivity contribution in [1.82, 2.24) is 5.32 Å². The molecule has 1 heterocycles. The van der Waals surface area contributed by atoms with E-state index in [0.29, 0.717) is 23.2 Å². The summed E-state index contributed by atoms with van der Waals surface area (Å²) in [6, 6.07) is 14.6. The zero-order valence-electron chi connectivity index (χ0n) is 13.7. The Morgan fingerprint density at radius 2 is 2.00 bits per heavy atom. The molecular weight excluding hydrogens is 340 g/mol. The molecule has 3 N–H and O–H groups in total. The number of fused-ring (bicyclic) bond motifs is 1. The lowest BCUT2D eigenvalue weighted by Gasteiger charge is -2.33. The number of alkyl halides is 2. The molecule has 1 saturated carbocycles. The monoisotopic (exact) mass is 357 g/mol. The molecule has 134 valence electrons. The number of nitrogens with two attached hydrogens (primary N) is 1. The number of nitrogens with one attached hydrogen (secondary N) is 1. The molecule has 1 aliphatic heterocycles. The van der Waals surface area contributed by atoms with Gasteiger partial charge in [-0.1, -0.05) is 30.3 Å². The minimum Gasteiger partial charge on any atom is -0.461 e. The number of ether oxygens (including phenoxy) is 1. The van der Waals surface area contributed by atoms with Crippen molar-refractivity contribution in [2.24, 2.45) is 10.9 Å². The number of rotatable bonds is 3. The van der Waals surface area contributed by atoms with E-state index in [-0.39, 0.29) is 6.02 Å². The van der Waals surface area contributed by atoms with Crippen molar-refractivity contribution in [2.75, 3.05) is 5.73 Å². The highest BCUT2D eigenvalue weighted by Gasteiger charge is 2.63. The predicted octanol–water partition coefficient (Wildman–Crippen LogP) is 2.93. The summed E-state index contributed by atoms with van der Waals surface area (Å²) in [6.07, 6.45) is -2.70. The normalized spacial score (nSPS) is 26.5. The zero-order chi connectivity index (χ0) is 18.3. The lowest BCUT2D eigenvalue weighted by atomic mass is 9.85. The second-order valence-electron chi connectivity index (χ2n) is 6.49. The molecule has 3 atom stereocenters. The first-order valence-electron chi connectivity index (χ1n) is 8.28. The van der Waals surface area contributed by atoms with E-state index >= 15 is 0 Å². The molecule has 0 aromatic heterocycles. The minimum absolute atomic E-state index is 0.180. The number of nitrogen functional groups attached to an aromatic ring is 1. The van der Waals surface area contributed by atoms with Gasteiger partial charge in [-0.25, -0.2) is 13.8 Å². The van der Waals surface area contributed by atoms with Crippen molar-refractivity contribution >= 4 is 17.6 Å². The van der Waals surface area contributed by atoms with Crippen LogP contribution >= 0.6 is 0 Å². The van der Waals surface area contributed by atoms with Crippen LogP contribution in [0.2, 0.25) is 0 Å². The van der Waals surface area contributed by atoms with Gasteiger partial charge < -0.3 is 10.5 Å². The Balaban J connectivity index is 1.70. The van der Waals surface area contributed by atoms with Gasteiger partial charge in [0, 0.05) is 17.2 Å². The van der Waals surface area contributed by atoms with Gasteiger partial charge in [0.2, 0.25) is 0 Å². The maximum atomic E-state index is 14.2. The molecule has 1 amide bonds. The second kappa shape index (κ2) is 6.09. The topological polar surface area (TPSA) is 76.7 Å². The number of carbonyl (C=O) groups is 1. The first kappa shape index (κ1) is 16.5. The van der Waals surface area contributed by atoms with Crippen molar-refractivity contribution in [3.05, 3.63) is 65.7 Å². The summed E-state index contributed by atoms with van der Waals surface area (Å²) in [6.45, 7) is 0. The molecule has 0 spiro atoms. The molecule has 2 aromatic rings. The number of anilines is 1. The fourth-order valence-electron chi connectivity index (χ4n) is 3.40. The molecule has 7 heteroatoms. The third-order valence-electron chi connectivity index (χ3n) is 4.78. The molecule has 26 heavy (non-hydrogen) atoms. The molecule has 0 radical (unpaired) electrons. The number of benzene rings is 2. The zero-order valence-corrected chi connectivity index (χ0v) is 13.7. The Hall–Kier alpha value is -2.96. The lowest BCUT2D eigenvalue weighted by Crippen LogP contribution is -2.45. The highest BCUT2D eigenvalue weighted by Crippen LogP contribution is 2.55. The summed E-state index contributed by atoms with van der Waals surface area (Å²) in [4.78, 5) is 16.5. The summed E-state index contributed by atoms with van der Waals surface area (Å²) in [5.74, 6) is -0.902. The van der Waals surface area contributed by atoms with Gasteiger partial charge in [-0.2, -0.15) is 0 Å². The van der Waals surface area contributed by atoms with Gasteiger partial charge >= 0.3 is 0 Å². The van der Waals surface area contributed by atoms with Gasteiger partial charge in [-0.3, -0.25) is 10.1 Å². The maximum Gasteiger partial charge on any atom is 0.293 e. The SMILES string of the molecule is Nc1cccc([C@@]2(C(F)F)N=C(NC(=O)c3ccccc3)O[C@@H]3C[C@@H]32)c1. The molecule has 2 aliphatic rings. The summed E-state index contributed by atoms with van der Waals surface area (Å²) in [5.41, 5.74) is 5.12. The molecule has 1 fully saturated rings. The van der Waals surface area contributed by atoms with Crippen LogP contribution in [0.3, 0.4) is 0 Å². The molecule has 0 saturated heterocycles. The third-order valence-corrected chi connectivity index (χ3v) is 4.78. The molecule has 4 rings (SSSR count). The first-order chi connectivity index (χ1) is 12.5. The van der Waals surface area contributed by atoms with E-state index in [0.717, 1.165) is 0 Å². The van der Waals surface area contributed by atoms with Gasteiger partial charge in [-0.15, -0.1) is 0 Å². The number of halogens is 2. The summed E-state index contributed by atoms with van der Waals surface area (Å²) in [7, 11) is 0. The van der Waals surface area contributed by atoms with Crippen LogP contribution in [0, 0.1) is 5.92 Å². The van der Waals surface area contributed by atoms with E-state index in [2.05, 4.69) is 10.3 Å². The smallest absolute Gasteiger partial charge is 0.293 e. The molecule has 2 aromatic carbocycles. The fourth-order valence-corrected chi connectivity index (χ4v) is 3.40. The number of carbonyl (C=O) groups excluding carboxylic acids is 1. The summed E-state index contributed by atoms with van der Waals surface area (Å²) >= 11 is 0. The van der Waals surface area contributed by atoms with Crippen molar-refractivity contribution in [3.63, 3.8) is 0 Å². The largest absolute Gasteiger partial charge is 0.461 e. The van der Waals surface area contributed by atoms with Crippen molar-refractivity contribution < 1.29 is 18.3 Å². The number of nitrogens with zero attached hydrogens (tertiary/aromatic N) is 1. The van der Waals surface area contributed by atoms with E-state index in [1.165, 1.54) is 6.07 Å². The van der Waals surface area contributed by atoms with Crippen molar-refractivity contribution in [1.29, 1.82) is 0 Å². The van der Waals surface area contributed by atoms with Crippen LogP contribution in [-0.4, -0.2) is 24.5 Å². The third kappa shape index (κ3) is 2.69. The van der Waals surface area contributed by atoms with Gasteiger partial charge in [0.15, 0.2) is 5.54 Å². The standard InChI is InChI=1S/C19H17F2N3O2/c20-17(21)19(12-7-4-8-13(22)9-12)14-10-15(14)26-18(24-19)23-16(25)11-5-2-1-3-6-11/h1-9,14-15,17H,10,22H2,(H,23,24,25)/t14-,15+,19+/m0/s1. The molecule has 0 unspecified atom stereocenters. The number of amidine groups is 1. The summed E-state index contributed by atoms with van der Waals surface area (Å²) in [5, 5.41) is 2.51. The van der Waals surface area contributed by atoms with Crippen molar-refractivity contribution in [2.45, 2.75) is 24.5 Å². The van der Waals surface area contributed by atoms with Gasteiger partial charge in [0.1, 0.15) is 6.10 Å². The van der Waals surface area contributed by atoms with Gasteiger partial charge in [0.05, 0.1) is 0 Å². The van der Waals surface area contributed by atoms with Crippen LogP contribution in [0.1, 0.15) is 22.3 Å². The fraction of sp³-hybridized carbons (Fsp3) is 0.263. The van der Waals surface area contributed by atoms with Crippen LogP contribution in [0.5, 0.6) is 0 Å². The quantitative estimate of drug-likeness (QED) is 0.829. The Kier molecular flexibility index (Phi) is 3.86. The van der Waals surface area contributed by atoms with Crippen LogP contribution in [-0.2, 0) is 10.3 Å². The summed E-state index contributed by atoms with van der Waals surface area (Å²) < 4.78 is 33.9. The van der Waals surface area contributed by atoms with Crippen molar-refractivity contribution in [3.8, 4) is 0 Å². The number of hydrogen-bond acceptors (Lipinski definition) is 4. The van der Waals surface area contributed by atoms with E-state index in [9.17, 15) is 13.6 Å². The average Bonchev–Trinajstić information content (AvgIpc) is 3.41. The Labute approximate surface area is 148 Å². The Morgan fingerprint density at radius 3 is 2.69 bits per heavy atom. The number of aliphatic imine (C=N–C) groups is 1. The van der Waals surface area contributed by atoms with E-state index in [1.807, 2.05) is 0 Å². The lowest BCUT2D eigenvalue weighted by molar-refractivity contribution is 0.0186. The Bertz CT molecular complexity index is 872.